The summed E-state index contributed by atoms with van der Waals surface area (Å²) in [4.78, 5) is 19.9. The van der Waals surface area contributed by atoms with E-state index in [0.717, 1.165) is 42.3 Å². The van der Waals surface area contributed by atoms with E-state index in [1.165, 1.54) is 17.7 Å². The molecule has 3 rings (SSSR count). The number of primary amides is 1. The molecule has 0 bridgehead atoms. The standard InChI is InChI=1S/C19H28N4O/c1-19(2,3)12-6-7-14-11(9-12)10-15-16(22-14)13(5-4-8-20)17(23-15)18(21)24/h10,12,23H,4-9,20H2,1-3H3,(H2,21,24). The smallest absolute Gasteiger partial charge is 0.265 e. The fourth-order valence-corrected chi connectivity index (χ4v) is 3.79. The number of rotatable bonds is 4. The van der Waals surface area contributed by atoms with Crippen LogP contribution in [-0.2, 0) is 19.3 Å². The van der Waals surface area contributed by atoms with E-state index in [1.54, 1.807) is 0 Å². The predicted octanol–water partition coefficient (Wildman–Crippen LogP) is 2.70. The molecular formula is C19H28N4O. The van der Waals surface area contributed by atoms with Crippen molar-refractivity contribution < 1.29 is 4.79 Å². The number of hydrogen-bond acceptors (Lipinski definition) is 3. The second-order valence-electron chi connectivity index (χ2n) is 8.03. The van der Waals surface area contributed by atoms with E-state index >= 15 is 0 Å². The number of H-pyrrole nitrogens is 1. The lowest BCUT2D eigenvalue weighted by atomic mass is 9.71. The molecule has 0 radical (unpaired) electrons. The molecule has 0 saturated carbocycles. The van der Waals surface area contributed by atoms with Crippen molar-refractivity contribution in [2.75, 3.05) is 6.54 Å². The Labute approximate surface area is 143 Å². The van der Waals surface area contributed by atoms with Gasteiger partial charge >= 0.3 is 0 Å². The van der Waals surface area contributed by atoms with Crippen molar-refractivity contribution in [3.63, 3.8) is 0 Å². The van der Waals surface area contributed by atoms with Crippen LogP contribution in [0.15, 0.2) is 6.07 Å². The molecule has 1 aliphatic rings. The van der Waals surface area contributed by atoms with Crippen molar-refractivity contribution in [2.24, 2.45) is 22.8 Å². The number of carbonyl (C=O) groups excluding carboxylic acids is 1. The maximum absolute atomic E-state index is 11.8. The van der Waals surface area contributed by atoms with Gasteiger partial charge in [-0.05, 0) is 61.6 Å². The zero-order chi connectivity index (χ0) is 17.5. The van der Waals surface area contributed by atoms with Crippen molar-refractivity contribution in [1.29, 1.82) is 0 Å². The van der Waals surface area contributed by atoms with Crippen LogP contribution in [-0.4, -0.2) is 22.4 Å². The highest BCUT2D eigenvalue weighted by Crippen LogP contribution is 2.38. The third-order valence-electron chi connectivity index (χ3n) is 5.34. The fourth-order valence-electron chi connectivity index (χ4n) is 3.79. The fraction of sp³-hybridized carbons (Fsp3) is 0.579. The summed E-state index contributed by atoms with van der Waals surface area (Å²) in [6.07, 6.45) is 4.76. The summed E-state index contributed by atoms with van der Waals surface area (Å²) in [5, 5.41) is 0. The Morgan fingerprint density at radius 3 is 2.79 bits per heavy atom. The molecule has 0 fully saturated rings. The Morgan fingerprint density at radius 1 is 1.42 bits per heavy atom. The summed E-state index contributed by atoms with van der Waals surface area (Å²) in [6.45, 7) is 7.50. The zero-order valence-corrected chi connectivity index (χ0v) is 14.9. The molecular weight excluding hydrogens is 300 g/mol. The van der Waals surface area contributed by atoms with Gasteiger partial charge in [-0.15, -0.1) is 0 Å². The first-order valence-corrected chi connectivity index (χ1v) is 8.84. The zero-order valence-electron chi connectivity index (χ0n) is 14.9. The van der Waals surface area contributed by atoms with Crippen molar-refractivity contribution in [2.45, 2.75) is 52.9 Å². The predicted molar refractivity (Wildman–Crippen MR) is 97.0 cm³/mol. The van der Waals surface area contributed by atoms with Gasteiger partial charge in [-0.2, -0.15) is 0 Å². The van der Waals surface area contributed by atoms with Crippen molar-refractivity contribution >= 4 is 16.9 Å². The number of fused-ring (bicyclic) bond motifs is 2. The minimum absolute atomic E-state index is 0.299. The van der Waals surface area contributed by atoms with Crippen molar-refractivity contribution in [1.82, 2.24) is 9.97 Å². The second-order valence-corrected chi connectivity index (χ2v) is 8.03. The van der Waals surface area contributed by atoms with Crippen LogP contribution in [0.5, 0.6) is 0 Å². The van der Waals surface area contributed by atoms with Crippen LogP contribution >= 0.6 is 0 Å². The highest BCUT2D eigenvalue weighted by atomic mass is 16.1. The Bertz CT molecular complexity index is 770. The number of nitrogens with one attached hydrogen (secondary N) is 1. The van der Waals surface area contributed by atoms with Gasteiger partial charge in [-0.1, -0.05) is 20.8 Å². The molecule has 0 spiro atoms. The first kappa shape index (κ1) is 17.0. The van der Waals surface area contributed by atoms with E-state index in [0.29, 0.717) is 23.6 Å². The molecule has 1 atom stereocenters. The monoisotopic (exact) mass is 328 g/mol. The van der Waals surface area contributed by atoms with Gasteiger partial charge in [0.15, 0.2) is 0 Å². The molecule has 0 aliphatic heterocycles. The van der Waals surface area contributed by atoms with Crippen LogP contribution < -0.4 is 11.5 Å². The number of carbonyl (C=O) groups is 1. The van der Waals surface area contributed by atoms with Crippen LogP contribution in [0.2, 0.25) is 0 Å². The number of hydrogen-bond donors (Lipinski definition) is 3. The number of nitrogens with zero attached hydrogens (tertiary/aromatic N) is 1. The molecule has 5 nitrogen and oxygen atoms in total. The molecule has 1 aliphatic carbocycles. The van der Waals surface area contributed by atoms with Crippen LogP contribution in [0.25, 0.3) is 11.0 Å². The van der Waals surface area contributed by atoms with Crippen molar-refractivity contribution in [3.8, 4) is 0 Å². The highest BCUT2D eigenvalue weighted by Gasteiger charge is 2.30. The maximum atomic E-state index is 11.8. The van der Waals surface area contributed by atoms with Gasteiger partial charge in [-0.3, -0.25) is 9.78 Å². The van der Waals surface area contributed by atoms with Gasteiger partial charge in [0.1, 0.15) is 5.69 Å². The molecule has 130 valence electrons. The number of pyridine rings is 1. The molecule has 2 aromatic rings. The molecule has 2 heterocycles. The largest absolute Gasteiger partial charge is 0.364 e. The topological polar surface area (TPSA) is 97.8 Å². The van der Waals surface area contributed by atoms with Gasteiger partial charge in [-0.25, -0.2) is 0 Å². The molecule has 24 heavy (non-hydrogen) atoms. The number of aromatic amines is 1. The Morgan fingerprint density at radius 2 is 2.17 bits per heavy atom. The summed E-state index contributed by atoms with van der Waals surface area (Å²) >= 11 is 0. The van der Waals surface area contributed by atoms with Gasteiger partial charge in [0.05, 0.1) is 11.0 Å². The van der Waals surface area contributed by atoms with E-state index in [-0.39, 0.29) is 0 Å². The summed E-state index contributed by atoms with van der Waals surface area (Å²) in [7, 11) is 0. The third-order valence-corrected chi connectivity index (χ3v) is 5.34. The van der Waals surface area contributed by atoms with Crippen LogP contribution in [0.3, 0.4) is 0 Å². The first-order chi connectivity index (χ1) is 11.3. The molecule has 5 N–H and O–H groups in total. The van der Waals surface area contributed by atoms with Crippen LogP contribution in [0.1, 0.15) is 60.9 Å². The summed E-state index contributed by atoms with van der Waals surface area (Å²) in [5.74, 6) is 0.233. The Hall–Kier alpha value is -1.88. The number of amides is 1. The average Bonchev–Trinajstić information content (AvgIpc) is 2.87. The lowest BCUT2D eigenvalue weighted by Gasteiger charge is -2.34. The second kappa shape index (κ2) is 6.20. The third kappa shape index (κ3) is 3.05. The minimum Gasteiger partial charge on any atom is -0.364 e. The molecule has 1 amide bonds. The van der Waals surface area contributed by atoms with E-state index in [4.69, 9.17) is 16.5 Å². The average molecular weight is 328 g/mol. The molecule has 1 unspecified atom stereocenters. The summed E-state index contributed by atoms with van der Waals surface area (Å²) in [6, 6.07) is 2.17. The summed E-state index contributed by atoms with van der Waals surface area (Å²) in [5.41, 5.74) is 17.2. The highest BCUT2D eigenvalue weighted by molar-refractivity contribution is 5.99. The Kier molecular flexibility index (Phi) is 4.38. The van der Waals surface area contributed by atoms with Crippen molar-refractivity contribution in [3.05, 3.63) is 28.6 Å². The molecule has 0 aromatic carbocycles. The Balaban J connectivity index is 2.06. The van der Waals surface area contributed by atoms with Gasteiger partial charge in [0.25, 0.3) is 5.91 Å². The van der Waals surface area contributed by atoms with E-state index in [2.05, 4.69) is 31.8 Å². The van der Waals surface area contributed by atoms with E-state index in [9.17, 15) is 4.79 Å². The van der Waals surface area contributed by atoms with E-state index in [1.807, 2.05) is 0 Å². The normalized spacial score (nSPS) is 17.9. The van der Waals surface area contributed by atoms with Crippen LogP contribution in [0, 0.1) is 11.3 Å². The maximum Gasteiger partial charge on any atom is 0.265 e. The minimum atomic E-state index is -0.425. The molecule has 5 heteroatoms. The lowest BCUT2D eigenvalue weighted by Crippen LogP contribution is -2.27. The van der Waals surface area contributed by atoms with Gasteiger partial charge in [0.2, 0.25) is 0 Å². The number of aryl methyl sites for hydroxylation is 2. The van der Waals surface area contributed by atoms with Crippen LogP contribution in [0.4, 0.5) is 0 Å². The molecule has 0 saturated heterocycles. The quantitative estimate of drug-likeness (QED) is 0.805. The van der Waals surface area contributed by atoms with Gasteiger partial charge in [0, 0.05) is 11.3 Å². The molecule has 2 aromatic heterocycles. The first-order valence-electron chi connectivity index (χ1n) is 8.84. The van der Waals surface area contributed by atoms with Gasteiger partial charge < -0.3 is 16.5 Å². The SMILES string of the molecule is CC(C)(C)C1CCc2nc3c(CCCN)c(C(N)=O)[nH]c3cc2C1. The number of aromatic nitrogens is 2. The van der Waals surface area contributed by atoms with E-state index < -0.39 is 5.91 Å². The summed E-state index contributed by atoms with van der Waals surface area (Å²) < 4.78 is 0. The number of nitrogens with two attached hydrogens (primary N) is 2. The lowest BCUT2D eigenvalue weighted by molar-refractivity contribution is 0.0995.